The van der Waals surface area contributed by atoms with Gasteiger partial charge in [0.1, 0.15) is 0 Å². The average Bonchev–Trinajstić information content (AvgIpc) is 2.72. The van der Waals surface area contributed by atoms with Crippen molar-refractivity contribution in [2.45, 2.75) is 13.5 Å². The monoisotopic (exact) mass is 272 g/mol. The van der Waals surface area contributed by atoms with E-state index in [0.29, 0.717) is 22.8 Å². The number of hydrogen-bond donors (Lipinski definition) is 1. The number of amides is 1. The molecule has 2 N–H and O–H groups in total. The van der Waals surface area contributed by atoms with E-state index in [0.717, 1.165) is 16.8 Å². The minimum absolute atomic E-state index is 0.0257. The number of rotatable bonds is 1. The van der Waals surface area contributed by atoms with Gasteiger partial charge in [0, 0.05) is 27.5 Å². The third-order valence-electron chi connectivity index (χ3n) is 3.47. The van der Waals surface area contributed by atoms with Crippen LogP contribution >= 0.6 is 11.6 Å². The van der Waals surface area contributed by atoms with Gasteiger partial charge >= 0.3 is 0 Å². The van der Waals surface area contributed by atoms with Gasteiger partial charge in [-0.1, -0.05) is 23.7 Å². The van der Waals surface area contributed by atoms with E-state index in [2.05, 4.69) is 0 Å². The van der Waals surface area contributed by atoms with E-state index in [4.69, 9.17) is 17.3 Å². The van der Waals surface area contributed by atoms with Gasteiger partial charge in [0.15, 0.2) is 0 Å². The van der Waals surface area contributed by atoms with Crippen molar-refractivity contribution in [3.63, 3.8) is 0 Å². The van der Waals surface area contributed by atoms with Gasteiger partial charge in [-0.3, -0.25) is 4.79 Å². The van der Waals surface area contributed by atoms with Crippen molar-refractivity contribution in [3.8, 4) is 0 Å². The van der Waals surface area contributed by atoms with Crippen molar-refractivity contribution in [2.75, 3.05) is 10.6 Å². The van der Waals surface area contributed by atoms with Crippen LogP contribution < -0.4 is 10.6 Å². The molecule has 0 aromatic heterocycles. The summed E-state index contributed by atoms with van der Waals surface area (Å²) in [4.78, 5) is 14.1. The molecule has 2 aromatic rings. The quantitative estimate of drug-likeness (QED) is 0.809. The number of aryl methyl sites for hydroxylation is 1. The highest BCUT2D eigenvalue weighted by atomic mass is 35.5. The van der Waals surface area contributed by atoms with Crippen LogP contribution in [0.5, 0.6) is 0 Å². The van der Waals surface area contributed by atoms with Gasteiger partial charge in [-0.25, -0.2) is 0 Å². The maximum atomic E-state index is 12.4. The first kappa shape index (κ1) is 12.1. The van der Waals surface area contributed by atoms with Gasteiger partial charge in [-0.15, -0.1) is 0 Å². The minimum atomic E-state index is -0.0257. The Kier molecular flexibility index (Phi) is 2.72. The van der Waals surface area contributed by atoms with E-state index in [1.165, 1.54) is 0 Å². The summed E-state index contributed by atoms with van der Waals surface area (Å²) in [6, 6.07) is 11.1. The smallest absolute Gasteiger partial charge is 0.259 e. The van der Waals surface area contributed by atoms with Gasteiger partial charge in [0.2, 0.25) is 0 Å². The second kappa shape index (κ2) is 4.28. The maximum absolute atomic E-state index is 12.4. The van der Waals surface area contributed by atoms with Crippen LogP contribution in [0, 0.1) is 6.92 Å². The Morgan fingerprint density at radius 1 is 1.26 bits per heavy atom. The van der Waals surface area contributed by atoms with Crippen LogP contribution in [0.4, 0.5) is 11.4 Å². The van der Waals surface area contributed by atoms with Crippen molar-refractivity contribution in [3.05, 3.63) is 58.1 Å². The molecular weight excluding hydrogens is 260 g/mol. The molecule has 1 amide bonds. The van der Waals surface area contributed by atoms with E-state index in [9.17, 15) is 4.79 Å². The zero-order valence-electron chi connectivity index (χ0n) is 10.5. The largest absolute Gasteiger partial charge is 0.398 e. The molecule has 2 aromatic carbocycles. The Labute approximate surface area is 116 Å². The first-order chi connectivity index (χ1) is 9.08. The standard InChI is InChI=1S/C15H13ClN2O/c1-9-5-6-10(7-13(9)16)18-8-12-11(15(18)19)3-2-4-14(12)17/h2-7H,8,17H2,1H3. The van der Waals surface area contributed by atoms with Crippen LogP contribution in [0.25, 0.3) is 0 Å². The van der Waals surface area contributed by atoms with E-state index < -0.39 is 0 Å². The molecular formula is C15H13ClN2O. The van der Waals surface area contributed by atoms with E-state index >= 15 is 0 Å². The lowest BCUT2D eigenvalue weighted by Gasteiger charge is -2.16. The second-order valence-electron chi connectivity index (χ2n) is 4.70. The van der Waals surface area contributed by atoms with E-state index in [1.54, 1.807) is 11.0 Å². The Balaban J connectivity index is 2.04. The predicted molar refractivity (Wildman–Crippen MR) is 77.6 cm³/mol. The number of hydrogen-bond acceptors (Lipinski definition) is 2. The molecule has 19 heavy (non-hydrogen) atoms. The maximum Gasteiger partial charge on any atom is 0.259 e. The lowest BCUT2D eigenvalue weighted by molar-refractivity contribution is 0.0996. The molecule has 0 saturated heterocycles. The Hall–Kier alpha value is -2.00. The first-order valence-corrected chi connectivity index (χ1v) is 6.41. The first-order valence-electron chi connectivity index (χ1n) is 6.03. The highest BCUT2D eigenvalue weighted by molar-refractivity contribution is 6.31. The normalized spacial score (nSPS) is 13.8. The van der Waals surface area contributed by atoms with E-state index in [-0.39, 0.29) is 5.91 Å². The fourth-order valence-electron chi connectivity index (χ4n) is 2.32. The topological polar surface area (TPSA) is 46.3 Å². The molecule has 0 saturated carbocycles. The SMILES string of the molecule is Cc1ccc(N2Cc3c(N)cccc3C2=O)cc1Cl. The minimum Gasteiger partial charge on any atom is -0.398 e. The highest BCUT2D eigenvalue weighted by Crippen LogP contribution is 2.33. The highest BCUT2D eigenvalue weighted by Gasteiger charge is 2.29. The van der Waals surface area contributed by atoms with Crippen molar-refractivity contribution in [2.24, 2.45) is 0 Å². The molecule has 4 heteroatoms. The number of carbonyl (C=O) groups is 1. The predicted octanol–water partition coefficient (Wildman–Crippen LogP) is 3.39. The molecule has 3 nitrogen and oxygen atoms in total. The Morgan fingerprint density at radius 3 is 2.74 bits per heavy atom. The van der Waals surface area contributed by atoms with Crippen LogP contribution in [-0.4, -0.2) is 5.91 Å². The number of anilines is 2. The summed E-state index contributed by atoms with van der Waals surface area (Å²) in [7, 11) is 0. The Bertz CT molecular complexity index is 682. The van der Waals surface area contributed by atoms with Crippen LogP contribution in [0.2, 0.25) is 5.02 Å². The molecule has 0 spiro atoms. The molecule has 0 aliphatic carbocycles. The van der Waals surface area contributed by atoms with Gasteiger partial charge in [-0.2, -0.15) is 0 Å². The zero-order valence-corrected chi connectivity index (χ0v) is 11.2. The second-order valence-corrected chi connectivity index (χ2v) is 5.11. The molecule has 1 aliphatic rings. The molecule has 0 unspecified atom stereocenters. The summed E-state index contributed by atoms with van der Waals surface area (Å²) >= 11 is 6.12. The molecule has 96 valence electrons. The van der Waals surface area contributed by atoms with Gasteiger partial charge in [0.05, 0.1) is 6.54 Å². The summed E-state index contributed by atoms with van der Waals surface area (Å²) in [5.41, 5.74) is 9.95. The molecule has 0 fully saturated rings. The summed E-state index contributed by atoms with van der Waals surface area (Å²) in [6.07, 6.45) is 0. The van der Waals surface area contributed by atoms with Crippen molar-refractivity contribution >= 4 is 28.9 Å². The molecule has 0 atom stereocenters. The molecule has 3 rings (SSSR count). The summed E-state index contributed by atoms with van der Waals surface area (Å²) in [5, 5.41) is 0.661. The lowest BCUT2D eigenvalue weighted by Crippen LogP contribution is -2.22. The van der Waals surface area contributed by atoms with Gasteiger partial charge < -0.3 is 10.6 Å². The number of fused-ring (bicyclic) bond motifs is 1. The Morgan fingerprint density at radius 2 is 2.05 bits per heavy atom. The lowest BCUT2D eigenvalue weighted by atomic mass is 10.1. The van der Waals surface area contributed by atoms with Crippen LogP contribution in [0.3, 0.4) is 0 Å². The fourth-order valence-corrected chi connectivity index (χ4v) is 2.49. The fraction of sp³-hybridized carbons (Fsp3) is 0.133. The van der Waals surface area contributed by atoms with Crippen LogP contribution in [0.15, 0.2) is 36.4 Å². The third-order valence-corrected chi connectivity index (χ3v) is 3.88. The third kappa shape index (κ3) is 1.87. The number of halogens is 1. The molecule has 0 bridgehead atoms. The van der Waals surface area contributed by atoms with Crippen molar-refractivity contribution in [1.29, 1.82) is 0 Å². The van der Waals surface area contributed by atoms with Crippen molar-refractivity contribution < 1.29 is 4.79 Å². The number of carbonyl (C=O) groups excluding carboxylic acids is 1. The van der Waals surface area contributed by atoms with E-state index in [1.807, 2.05) is 37.3 Å². The number of nitrogens with two attached hydrogens (primary N) is 1. The van der Waals surface area contributed by atoms with Crippen LogP contribution in [-0.2, 0) is 6.54 Å². The molecule has 0 radical (unpaired) electrons. The number of benzene rings is 2. The van der Waals surface area contributed by atoms with Crippen molar-refractivity contribution in [1.82, 2.24) is 0 Å². The molecule has 1 heterocycles. The number of nitrogen functional groups attached to an aromatic ring is 1. The zero-order chi connectivity index (χ0) is 13.6. The summed E-state index contributed by atoms with van der Waals surface area (Å²) in [5.74, 6) is -0.0257. The van der Waals surface area contributed by atoms with Gasteiger partial charge in [0.25, 0.3) is 5.91 Å². The van der Waals surface area contributed by atoms with Crippen LogP contribution in [0.1, 0.15) is 21.5 Å². The number of nitrogens with zero attached hydrogens (tertiary/aromatic N) is 1. The summed E-state index contributed by atoms with van der Waals surface area (Å²) < 4.78 is 0. The molecule has 1 aliphatic heterocycles. The average molecular weight is 273 g/mol. The van der Waals surface area contributed by atoms with Gasteiger partial charge in [-0.05, 0) is 36.8 Å². The summed E-state index contributed by atoms with van der Waals surface area (Å²) in [6.45, 7) is 2.44.